The minimum absolute atomic E-state index is 0.0526. The van der Waals surface area contributed by atoms with Crippen LogP contribution in [0, 0.1) is 5.82 Å². The lowest BCUT2D eigenvalue weighted by atomic mass is 10.2. The lowest BCUT2D eigenvalue weighted by molar-refractivity contribution is -0.122. The van der Waals surface area contributed by atoms with E-state index in [9.17, 15) is 17.6 Å². The van der Waals surface area contributed by atoms with Crippen molar-refractivity contribution in [2.75, 3.05) is 25.2 Å². The number of rotatable bonds is 13. The molecule has 31 heavy (non-hydrogen) atoms. The molecule has 2 rings (SSSR count). The van der Waals surface area contributed by atoms with Gasteiger partial charge in [0, 0.05) is 11.6 Å². The van der Waals surface area contributed by atoms with Gasteiger partial charge >= 0.3 is 0 Å². The first-order valence-electron chi connectivity index (χ1n) is 9.75. The van der Waals surface area contributed by atoms with Gasteiger partial charge in [-0.2, -0.15) is 16.5 Å². The maximum absolute atomic E-state index is 12.9. The van der Waals surface area contributed by atoms with E-state index in [0.29, 0.717) is 48.9 Å². The van der Waals surface area contributed by atoms with E-state index in [0.717, 1.165) is 0 Å². The van der Waals surface area contributed by atoms with E-state index in [1.165, 1.54) is 48.2 Å². The Kier molecular flexibility index (Phi) is 10.6. The van der Waals surface area contributed by atoms with Gasteiger partial charge in [-0.3, -0.25) is 4.79 Å². The monoisotopic (exact) mass is 488 g/mol. The van der Waals surface area contributed by atoms with Crippen LogP contribution in [0.2, 0.25) is 5.02 Å². The molecule has 6 nitrogen and oxygen atoms in total. The molecule has 2 N–H and O–H groups in total. The molecule has 0 aromatic heterocycles. The van der Waals surface area contributed by atoms with E-state index in [1.807, 2.05) is 6.26 Å². The van der Waals surface area contributed by atoms with Gasteiger partial charge in [-0.15, -0.1) is 0 Å². The summed E-state index contributed by atoms with van der Waals surface area (Å²) in [6, 6.07) is 10.7. The number of benzene rings is 2. The van der Waals surface area contributed by atoms with Gasteiger partial charge in [-0.1, -0.05) is 11.6 Å². The molecule has 0 aliphatic rings. The predicted octanol–water partition coefficient (Wildman–Crippen LogP) is 3.85. The molecule has 10 heteroatoms. The van der Waals surface area contributed by atoms with E-state index in [-0.39, 0.29) is 16.6 Å². The molecule has 2 aromatic carbocycles. The molecule has 0 heterocycles. The molecule has 0 radical (unpaired) electrons. The molecule has 1 atom stereocenters. The van der Waals surface area contributed by atoms with Crippen LogP contribution in [0.5, 0.6) is 5.75 Å². The van der Waals surface area contributed by atoms with Crippen LogP contribution in [0.3, 0.4) is 0 Å². The Labute approximate surface area is 192 Å². The predicted molar refractivity (Wildman–Crippen MR) is 123 cm³/mol. The van der Waals surface area contributed by atoms with Crippen molar-refractivity contribution in [3.05, 3.63) is 59.4 Å². The number of hydrogen-bond acceptors (Lipinski definition) is 5. The van der Waals surface area contributed by atoms with Gasteiger partial charge < -0.3 is 10.1 Å². The Morgan fingerprint density at radius 1 is 1.13 bits per heavy atom. The number of ether oxygens (including phenoxy) is 1. The molecule has 0 saturated heterocycles. The molecular formula is C21H26ClFN2O4S2. The summed E-state index contributed by atoms with van der Waals surface area (Å²) in [5.41, 5.74) is 0. The average molecular weight is 489 g/mol. The van der Waals surface area contributed by atoms with Crippen LogP contribution in [0.15, 0.2) is 53.4 Å². The van der Waals surface area contributed by atoms with Gasteiger partial charge in [-0.05, 0) is 79.8 Å². The van der Waals surface area contributed by atoms with E-state index in [1.54, 1.807) is 12.1 Å². The second-order valence-corrected chi connectivity index (χ2v) is 9.85. The van der Waals surface area contributed by atoms with Crippen molar-refractivity contribution in [1.82, 2.24) is 10.0 Å². The summed E-state index contributed by atoms with van der Waals surface area (Å²) in [4.78, 5) is 12.6. The van der Waals surface area contributed by atoms with Crippen LogP contribution in [0.25, 0.3) is 0 Å². The highest BCUT2D eigenvalue weighted by Gasteiger charge is 2.25. The first-order chi connectivity index (χ1) is 14.8. The fourth-order valence-electron chi connectivity index (χ4n) is 2.63. The Hall–Kier alpha value is -1.81. The Morgan fingerprint density at radius 2 is 1.81 bits per heavy atom. The fraction of sp³-hybridized carbons (Fsp3) is 0.381. The highest BCUT2D eigenvalue weighted by Crippen LogP contribution is 2.15. The number of unbranched alkanes of at least 4 members (excludes halogenated alkanes) is 1. The molecule has 0 bridgehead atoms. The molecule has 0 spiro atoms. The van der Waals surface area contributed by atoms with Crippen LogP contribution in [0.1, 0.15) is 19.3 Å². The topological polar surface area (TPSA) is 84.5 Å². The summed E-state index contributed by atoms with van der Waals surface area (Å²) < 4.78 is 46.1. The van der Waals surface area contributed by atoms with E-state index >= 15 is 0 Å². The number of halogens is 2. The zero-order valence-electron chi connectivity index (χ0n) is 17.1. The van der Waals surface area contributed by atoms with Crippen molar-refractivity contribution < 1.29 is 22.3 Å². The number of amides is 1. The number of nitrogens with one attached hydrogen (secondary N) is 2. The molecule has 170 valence electrons. The third-order valence-electron chi connectivity index (χ3n) is 4.30. The summed E-state index contributed by atoms with van der Waals surface area (Å²) in [5, 5.41) is 3.21. The number of carbonyl (C=O) groups excluding carboxylic acids is 1. The Morgan fingerprint density at radius 3 is 2.45 bits per heavy atom. The van der Waals surface area contributed by atoms with Crippen LogP contribution in [-0.4, -0.2) is 45.5 Å². The van der Waals surface area contributed by atoms with E-state index in [2.05, 4.69) is 10.0 Å². The van der Waals surface area contributed by atoms with Gasteiger partial charge in [0.05, 0.1) is 11.5 Å². The highest BCUT2D eigenvalue weighted by atomic mass is 35.5. The molecule has 0 fully saturated rings. The van der Waals surface area contributed by atoms with Crippen molar-refractivity contribution in [3.8, 4) is 5.75 Å². The van der Waals surface area contributed by atoms with Gasteiger partial charge in [-0.25, -0.2) is 12.8 Å². The van der Waals surface area contributed by atoms with Crippen molar-refractivity contribution >= 4 is 39.3 Å². The second kappa shape index (κ2) is 12.9. The highest BCUT2D eigenvalue weighted by molar-refractivity contribution is 7.98. The molecule has 1 unspecified atom stereocenters. The summed E-state index contributed by atoms with van der Waals surface area (Å²) in [6.45, 7) is 0.824. The molecule has 2 aromatic rings. The smallest absolute Gasteiger partial charge is 0.241 e. The molecule has 0 saturated carbocycles. The number of carbonyl (C=O) groups is 1. The Bertz CT molecular complexity index is 925. The zero-order chi connectivity index (χ0) is 22.7. The average Bonchev–Trinajstić information content (AvgIpc) is 2.75. The number of sulfonamides is 1. The van der Waals surface area contributed by atoms with Gasteiger partial charge in [0.2, 0.25) is 15.9 Å². The van der Waals surface area contributed by atoms with Crippen molar-refractivity contribution in [1.29, 1.82) is 0 Å². The van der Waals surface area contributed by atoms with Gasteiger partial charge in [0.15, 0.2) is 0 Å². The maximum atomic E-state index is 12.9. The van der Waals surface area contributed by atoms with Crippen molar-refractivity contribution in [3.63, 3.8) is 0 Å². The molecule has 0 aliphatic carbocycles. The van der Waals surface area contributed by atoms with Crippen molar-refractivity contribution in [2.45, 2.75) is 30.2 Å². The van der Waals surface area contributed by atoms with Crippen LogP contribution in [0.4, 0.5) is 4.39 Å². The number of thioether (sulfide) groups is 1. The number of hydrogen-bond donors (Lipinski definition) is 2. The molecule has 0 aliphatic heterocycles. The largest absolute Gasteiger partial charge is 0.494 e. The lowest BCUT2D eigenvalue weighted by Gasteiger charge is -2.18. The third-order valence-corrected chi connectivity index (χ3v) is 6.68. The minimum Gasteiger partial charge on any atom is -0.494 e. The van der Waals surface area contributed by atoms with Gasteiger partial charge in [0.25, 0.3) is 0 Å². The SMILES string of the molecule is CSCCC(NS(=O)(=O)c1ccc(Cl)cc1)C(=O)NCCCCOc1ccc(F)cc1. The summed E-state index contributed by atoms with van der Waals surface area (Å²) in [6.07, 6.45) is 3.60. The normalized spacial score (nSPS) is 12.4. The van der Waals surface area contributed by atoms with Crippen LogP contribution in [-0.2, 0) is 14.8 Å². The minimum atomic E-state index is -3.85. The molecular weight excluding hydrogens is 463 g/mol. The summed E-state index contributed by atoms with van der Waals surface area (Å²) in [5.74, 6) is 0.523. The quantitative estimate of drug-likeness (QED) is 0.418. The standard InChI is InChI=1S/C21H26ClFN2O4S2/c1-30-15-12-20(25-31(27,28)19-10-4-16(22)5-11-19)21(26)24-13-2-3-14-29-18-8-6-17(23)7-9-18/h4-11,20,25H,2-3,12-15H2,1H3,(H,24,26). The maximum Gasteiger partial charge on any atom is 0.241 e. The first kappa shape index (κ1) is 25.5. The molecule has 1 amide bonds. The zero-order valence-corrected chi connectivity index (χ0v) is 19.5. The first-order valence-corrected chi connectivity index (χ1v) is 13.0. The second-order valence-electron chi connectivity index (χ2n) is 6.71. The van der Waals surface area contributed by atoms with Crippen LogP contribution < -0.4 is 14.8 Å². The lowest BCUT2D eigenvalue weighted by Crippen LogP contribution is -2.47. The van der Waals surface area contributed by atoms with E-state index < -0.39 is 16.1 Å². The summed E-state index contributed by atoms with van der Waals surface area (Å²) >= 11 is 7.35. The van der Waals surface area contributed by atoms with Gasteiger partial charge in [0.1, 0.15) is 17.6 Å². The third kappa shape index (κ3) is 9.06. The Balaban J connectivity index is 1.80. The van der Waals surface area contributed by atoms with Crippen molar-refractivity contribution in [2.24, 2.45) is 0 Å². The van der Waals surface area contributed by atoms with Crippen LogP contribution >= 0.6 is 23.4 Å². The fourth-order valence-corrected chi connectivity index (χ4v) is 4.46. The van der Waals surface area contributed by atoms with E-state index in [4.69, 9.17) is 16.3 Å². The summed E-state index contributed by atoms with van der Waals surface area (Å²) in [7, 11) is -3.85.